The van der Waals surface area contributed by atoms with Gasteiger partial charge in [0, 0.05) is 52.5 Å². The van der Waals surface area contributed by atoms with Crippen molar-refractivity contribution < 1.29 is 9.18 Å². The van der Waals surface area contributed by atoms with Crippen LogP contribution in [-0.2, 0) is 5.41 Å². The summed E-state index contributed by atoms with van der Waals surface area (Å²) in [7, 11) is 0. The van der Waals surface area contributed by atoms with Crippen LogP contribution in [0.5, 0.6) is 0 Å². The van der Waals surface area contributed by atoms with Crippen molar-refractivity contribution in [2.24, 2.45) is 0 Å². The summed E-state index contributed by atoms with van der Waals surface area (Å²) >= 11 is 18.3. The summed E-state index contributed by atoms with van der Waals surface area (Å²) in [6.45, 7) is 1.89. The molecule has 4 nitrogen and oxygen atoms in total. The highest BCUT2D eigenvalue weighted by atomic mass is 35.5. The number of anilines is 1. The van der Waals surface area contributed by atoms with Crippen LogP contribution in [0.25, 0.3) is 6.08 Å². The summed E-state index contributed by atoms with van der Waals surface area (Å²) in [5, 5.41) is 1.47. The number of hydrogen-bond donors (Lipinski definition) is 0. The number of alkyl halides is 1. The van der Waals surface area contributed by atoms with Crippen molar-refractivity contribution in [1.29, 1.82) is 0 Å². The molecule has 2 aromatic carbocycles. The summed E-state index contributed by atoms with van der Waals surface area (Å²) in [6, 6.07) is 16.1. The molecular formula is C27H23Cl3FN3O. The predicted octanol–water partition coefficient (Wildman–Crippen LogP) is 6.70. The van der Waals surface area contributed by atoms with Crippen molar-refractivity contribution in [3.05, 3.63) is 98.8 Å². The van der Waals surface area contributed by atoms with Crippen molar-refractivity contribution in [2.75, 3.05) is 31.1 Å². The van der Waals surface area contributed by atoms with Crippen LogP contribution in [0.2, 0.25) is 15.2 Å². The van der Waals surface area contributed by atoms with Gasteiger partial charge in [-0.2, -0.15) is 0 Å². The third-order valence-corrected chi connectivity index (χ3v) is 7.57. The van der Waals surface area contributed by atoms with Crippen molar-refractivity contribution in [1.82, 2.24) is 9.88 Å². The zero-order valence-corrected chi connectivity index (χ0v) is 21.1. The number of likely N-dealkylation sites (tertiary alicyclic amines) is 1. The second-order valence-electron chi connectivity index (χ2n) is 9.01. The molecule has 1 amide bonds. The number of fused-ring (bicyclic) bond motifs is 2. The van der Waals surface area contributed by atoms with E-state index in [1.807, 2.05) is 42.5 Å². The Morgan fingerprint density at radius 3 is 2.60 bits per heavy atom. The summed E-state index contributed by atoms with van der Waals surface area (Å²) < 4.78 is 16.0. The van der Waals surface area contributed by atoms with Crippen LogP contribution in [0.15, 0.2) is 66.9 Å². The lowest BCUT2D eigenvalue weighted by molar-refractivity contribution is 0.0714. The molecule has 0 aliphatic carbocycles. The monoisotopic (exact) mass is 529 g/mol. The normalized spacial score (nSPS) is 22.2. The zero-order valence-electron chi connectivity index (χ0n) is 18.8. The van der Waals surface area contributed by atoms with Gasteiger partial charge in [0.25, 0.3) is 5.91 Å². The minimum absolute atomic E-state index is 0.227. The molecule has 0 radical (unpaired) electrons. The highest BCUT2D eigenvalue weighted by molar-refractivity contribution is 6.31. The second-order valence-corrected chi connectivity index (χ2v) is 10.3. The molecule has 1 fully saturated rings. The number of pyridine rings is 1. The van der Waals surface area contributed by atoms with Crippen LogP contribution in [0.4, 0.5) is 10.1 Å². The van der Waals surface area contributed by atoms with Crippen LogP contribution in [0.3, 0.4) is 0 Å². The van der Waals surface area contributed by atoms with Crippen LogP contribution >= 0.6 is 34.8 Å². The first kappa shape index (κ1) is 24.3. The number of halogens is 4. The number of nitrogens with zero attached hydrogens (tertiary/aromatic N) is 3. The molecule has 35 heavy (non-hydrogen) atoms. The molecule has 2 aliphatic rings. The lowest BCUT2D eigenvalue weighted by Gasteiger charge is -2.42. The number of aromatic nitrogens is 1. The van der Waals surface area contributed by atoms with E-state index in [1.54, 1.807) is 23.1 Å². The predicted molar refractivity (Wildman–Crippen MR) is 140 cm³/mol. The van der Waals surface area contributed by atoms with E-state index >= 15 is 4.39 Å². The quantitative estimate of drug-likeness (QED) is 0.352. The fourth-order valence-corrected chi connectivity index (χ4v) is 5.51. The molecule has 1 spiro atoms. The SMILES string of the molecule is O=C(c1ccnc(Cl)c1)N1CC2(CCN(C/C=C/c3ccc(Cl)cc3)CC2F)c2cc(Cl)ccc21. The van der Waals surface area contributed by atoms with Gasteiger partial charge in [0.05, 0.1) is 0 Å². The smallest absolute Gasteiger partial charge is 0.258 e. The molecule has 1 aromatic heterocycles. The molecule has 2 atom stereocenters. The Morgan fingerprint density at radius 1 is 1.09 bits per heavy atom. The molecule has 3 heterocycles. The first-order valence-electron chi connectivity index (χ1n) is 11.4. The maximum absolute atomic E-state index is 16.0. The van der Waals surface area contributed by atoms with E-state index in [4.69, 9.17) is 34.8 Å². The van der Waals surface area contributed by atoms with Crippen LogP contribution in [-0.4, -0.2) is 48.1 Å². The summed E-state index contributed by atoms with van der Waals surface area (Å²) in [6.07, 6.45) is 4.97. The van der Waals surface area contributed by atoms with Crippen LogP contribution in [0, 0.1) is 0 Å². The molecule has 3 aromatic rings. The van der Waals surface area contributed by atoms with Gasteiger partial charge in [0.15, 0.2) is 0 Å². The number of piperidine rings is 1. The van der Waals surface area contributed by atoms with Gasteiger partial charge in [0.1, 0.15) is 11.3 Å². The first-order valence-corrected chi connectivity index (χ1v) is 12.5. The maximum atomic E-state index is 16.0. The number of carbonyl (C=O) groups excluding carboxylic acids is 1. The minimum Gasteiger partial charge on any atom is -0.307 e. The summed E-state index contributed by atoms with van der Waals surface area (Å²) in [5.74, 6) is -0.227. The van der Waals surface area contributed by atoms with Crippen molar-refractivity contribution in [3.63, 3.8) is 0 Å². The number of benzene rings is 2. The second kappa shape index (κ2) is 9.90. The molecule has 2 unspecified atom stereocenters. The number of rotatable bonds is 4. The van der Waals surface area contributed by atoms with Crippen molar-refractivity contribution >= 4 is 52.5 Å². The third-order valence-electron chi connectivity index (χ3n) is 6.88. The van der Waals surface area contributed by atoms with Gasteiger partial charge in [0.2, 0.25) is 0 Å². The lowest BCUT2D eigenvalue weighted by Crippen LogP contribution is -2.54. The van der Waals surface area contributed by atoms with E-state index in [2.05, 4.69) is 9.88 Å². The van der Waals surface area contributed by atoms with E-state index in [-0.39, 0.29) is 24.1 Å². The van der Waals surface area contributed by atoms with Crippen LogP contribution < -0.4 is 4.90 Å². The van der Waals surface area contributed by atoms with Gasteiger partial charge >= 0.3 is 0 Å². The Morgan fingerprint density at radius 2 is 1.86 bits per heavy atom. The van der Waals surface area contributed by atoms with Gasteiger partial charge in [-0.25, -0.2) is 9.37 Å². The minimum atomic E-state index is -1.16. The largest absolute Gasteiger partial charge is 0.307 e. The molecular weight excluding hydrogens is 508 g/mol. The van der Waals surface area contributed by atoms with Crippen LogP contribution in [0.1, 0.15) is 27.9 Å². The van der Waals surface area contributed by atoms with E-state index in [1.165, 1.54) is 12.3 Å². The fraction of sp³-hybridized carbons (Fsp3) is 0.259. The van der Waals surface area contributed by atoms with E-state index in [0.717, 1.165) is 11.1 Å². The molecule has 0 saturated carbocycles. The van der Waals surface area contributed by atoms with E-state index in [0.29, 0.717) is 40.8 Å². The molecule has 1 saturated heterocycles. The molecule has 8 heteroatoms. The van der Waals surface area contributed by atoms with Gasteiger partial charge in [-0.3, -0.25) is 9.69 Å². The zero-order chi connectivity index (χ0) is 24.6. The lowest BCUT2D eigenvalue weighted by atomic mass is 9.73. The van der Waals surface area contributed by atoms with E-state index in [9.17, 15) is 4.79 Å². The topological polar surface area (TPSA) is 36.4 Å². The average molecular weight is 531 g/mol. The molecule has 180 valence electrons. The van der Waals surface area contributed by atoms with Gasteiger partial charge in [-0.15, -0.1) is 0 Å². The highest BCUT2D eigenvalue weighted by Gasteiger charge is 2.52. The Bertz CT molecular complexity index is 1280. The molecule has 0 N–H and O–H groups in total. The van der Waals surface area contributed by atoms with Crippen molar-refractivity contribution in [2.45, 2.75) is 18.0 Å². The Kier molecular flexibility index (Phi) is 6.86. The number of carbonyl (C=O) groups is 1. The number of amides is 1. The maximum Gasteiger partial charge on any atom is 0.258 e. The fourth-order valence-electron chi connectivity index (χ4n) is 5.03. The molecule has 2 aliphatic heterocycles. The molecule has 5 rings (SSSR count). The first-order chi connectivity index (χ1) is 16.9. The number of hydrogen-bond acceptors (Lipinski definition) is 3. The van der Waals surface area contributed by atoms with Gasteiger partial charge in [-0.05, 0) is 66.6 Å². The highest BCUT2D eigenvalue weighted by Crippen LogP contribution is 2.49. The third kappa shape index (κ3) is 4.83. The standard InChI is InChI=1S/C27H23Cl3FN3O/c28-20-5-3-18(4-6-20)2-1-12-33-13-10-27(24(31)16-33)17-34(23-8-7-21(29)15-22(23)27)26(35)19-9-11-32-25(30)14-19/h1-9,11,14-15,24H,10,12-13,16-17H2/b2-1+. The summed E-state index contributed by atoms with van der Waals surface area (Å²) in [4.78, 5) is 21.1. The van der Waals surface area contributed by atoms with Gasteiger partial charge in [-0.1, -0.05) is 59.1 Å². The Balaban J connectivity index is 1.35. The average Bonchev–Trinajstić information content (AvgIpc) is 3.16. The van der Waals surface area contributed by atoms with E-state index < -0.39 is 11.6 Å². The molecule has 0 bridgehead atoms. The summed E-state index contributed by atoms with van der Waals surface area (Å²) in [5.41, 5.74) is 2.16. The Labute approximate surface area is 218 Å². The van der Waals surface area contributed by atoms with Crippen molar-refractivity contribution in [3.8, 4) is 0 Å². The Hall–Kier alpha value is -2.44. The van der Waals surface area contributed by atoms with Gasteiger partial charge < -0.3 is 4.90 Å².